The molecule has 5 rings (SSSR count). The van der Waals surface area contributed by atoms with E-state index >= 15 is 0 Å². The first-order valence-corrected chi connectivity index (χ1v) is 16.7. The van der Waals surface area contributed by atoms with Crippen LogP contribution in [0.2, 0.25) is 0 Å². The normalized spacial score (nSPS) is 14.6. The van der Waals surface area contributed by atoms with E-state index in [9.17, 15) is 25.9 Å². The molecular weight excluding hydrogens is 618 g/mol. The number of rotatable bonds is 8. The second-order valence-corrected chi connectivity index (χ2v) is 12.9. The number of benzene rings is 4. The van der Waals surface area contributed by atoms with Crippen LogP contribution in [0.5, 0.6) is 0 Å². The molecule has 0 aromatic heterocycles. The van der Waals surface area contributed by atoms with E-state index in [4.69, 9.17) is 9.98 Å². The number of hydrogen-bond donors (Lipinski definition) is 0. The van der Waals surface area contributed by atoms with Gasteiger partial charge in [-0.15, -0.1) is 0 Å². The third-order valence-electron chi connectivity index (χ3n) is 7.67. The quantitative estimate of drug-likeness (QED) is 0.197. The molecule has 0 heterocycles. The summed E-state index contributed by atoms with van der Waals surface area (Å²) < 4.78 is 71.4. The molecule has 4 aromatic carbocycles. The van der Waals surface area contributed by atoms with Gasteiger partial charge in [-0.25, -0.2) is 26.8 Å². The third-order valence-corrected chi connectivity index (χ3v) is 9.30. The van der Waals surface area contributed by atoms with E-state index in [-0.39, 0.29) is 68.9 Å². The van der Waals surface area contributed by atoms with E-state index in [0.29, 0.717) is 70.7 Å². The Morgan fingerprint density at radius 3 is 1.16 bits per heavy atom. The smallest absolute Gasteiger partial charge is 0.744 e. The summed E-state index contributed by atoms with van der Waals surface area (Å²) in [5.41, 5.74) is 6.63. The molecule has 1 aliphatic rings. The van der Waals surface area contributed by atoms with Crippen LogP contribution in [0.15, 0.2) is 80.4 Å². The summed E-state index contributed by atoms with van der Waals surface area (Å²) in [4.78, 5) is 9.75. The summed E-state index contributed by atoms with van der Waals surface area (Å²) in [5.74, 6) is 0. The van der Waals surface area contributed by atoms with Crippen molar-refractivity contribution in [3.63, 3.8) is 0 Å². The van der Waals surface area contributed by atoms with Gasteiger partial charge in [-0.1, -0.05) is 64.1 Å². The summed E-state index contributed by atoms with van der Waals surface area (Å²) in [5, 5.41) is 1.98. The molecule has 218 valence electrons. The number of aliphatic imine (C=N–C) groups is 2. The van der Waals surface area contributed by atoms with Crippen molar-refractivity contribution in [2.45, 2.75) is 63.2 Å². The van der Waals surface area contributed by atoms with Crippen molar-refractivity contribution in [3.8, 4) is 0 Å². The predicted octanol–water partition coefficient (Wildman–Crippen LogP) is 0.161. The van der Waals surface area contributed by atoms with Gasteiger partial charge in [0.2, 0.25) is 0 Å². The standard InChI is InChI=1S/C32H32N2O6S2.2Na/c1-5-19-15-24(41(35,36)37)16-20(6-2)29(19)33-31-26-13-9-11-23-12-10-14-27(28(23)26)32(31)34-30-21(7-3)17-25(42(38,39)40)18-22(30)8-4;;/h9-18H,5-8H2,1-4H3,(H,35,36,37)(H,38,39,40);;/q;2*+1/p-2. The third kappa shape index (κ3) is 7.00. The molecule has 12 heteroatoms. The van der Waals surface area contributed by atoms with Gasteiger partial charge in [0.1, 0.15) is 20.2 Å². The molecule has 44 heavy (non-hydrogen) atoms. The zero-order valence-corrected chi connectivity index (χ0v) is 31.4. The van der Waals surface area contributed by atoms with Crippen LogP contribution in [0.4, 0.5) is 11.4 Å². The van der Waals surface area contributed by atoms with Crippen molar-refractivity contribution < 1.29 is 85.1 Å². The largest absolute Gasteiger partial charge is 1.00 e. The second kappa shape index (κ2) is 14.4. The van der Waals surface area contributed by atoms with Crippen molar-refractivity contribution in [2.75, 3.05) is 0 Å². The van der Waals surface area contributed by atoms with E-state index in [2.05, 4.69) is 0 Å². The SMILES string of the molecule is CCc1cc(S(=O)(=O)[O-])cc(CC)c1N=C1C(=Nc2c(CC)cc(S(=O)(=O)[O-])cc2CC)c2cccc3cccc1c23.[Na+].[Na+]. The summed E-state index contributed by atoms with van der Waals surface area (Å²) in [7, 11) is -9.31. The van der Waals surface area contributed by atoms with Gasteiger partial charge in [-0.05, 0) is 77.6 Å². The minimum Gasteiger partial charge on any atom is -0.744 e. The van der Waals surface area contributed by atoms with E-state index in [1.807, 2.05) is 64.1 Å². The topological polar surface area (TPSA) is 139 Å². The Labute approximate surface area is 303 Å². The van der Waals surface area contributed by atoms with E-state index in [0.717, 1.165) is 21.9 Å². The fourth-order valence-corrected chi connectivity index (χ4v) is 6.70. The van der Waals surface area contributed by atoms with Crippen molar-refractivity contribution >= 4 is 53.8 Å². The van der Waals surface area contributed by atoms with Gasteiger partial charge >= 0.3 is 59.1 Å². The predicted molar refractivity (Wildman–Crippen MR) is 163 cm³/mol. The monoisotopic (exact) mass is 648 g/mol. The average molecular weight is 649 g/mol. The van der Waals surface area contributed by atoms with Gasteiger partial charge < -0.3 is 9.11 Å². The van der Waals surface area contributed by atoms with E-state index < -0.39 is 20.2 Å². The van der Waals surface area contributed by atoms with Gasteiger partial charge in [0.15, 0.2) is 0 Å². The van der Waals surface area contributed by atoms with Crippen LogP contribution in [0.25, 0.3) is 10.8 Å². The molecule has 0 unspecified atom stereocenters. The van der Waals surface area contributed by atoms with Crippen LogP contribution in [-0.4, -0.2) is 37.4 Å². The summed E-state index contributed by atoms with van der Waals surface area (Å²) >= 11 is 0. The molecule has 0 bridgehead atoms. The maximum atomic E-state index is 11.9. The summed E-state index contributed by atoms with van der Waals surface area (Å²) in [6, 6.07) is 17.4. The number of hydrogen-bond acceptors (Lipinski definition) is 8. The average Bonchev–Trinajstić information content (AvgIpc) is 3.25. The van der Waals surface area contributed by atoms with Crippen LogP contribution < -0.4 is 59.1 Å². The molecule has 0 aliphatic heterocycles. The van der Waals surface area contributed by atoms with E-state index in [1.165, 1.54) is 24.3 Å². The molecule has 0 radical (unpaired) electrons. The Balaban J connectivity index is 0.00000264. The van der Waals surface area contributed by atoms with Crippen molar-refractivity contribution in [1.29, 1.82) is 0 Å². The van der Waals surface area contributed by atoms with Crippen molar-refractivity contribution in [1.82, 2.24) is 0 Å². The minimum absolute atomic E-state index is 0. The molecule has 0 atom stereocenters. The van der Waals surface area contributed by atoms with Crippen LogP contribution in [-0.2, 0) is 45.9 Å². The Hall–Kier alpha value is -1.70. The molecule has 1 aliphatic carbocycles. The first-order valence-electron chi connectivity index (χ1n) is 13.8. The Morgan fingerprint density at radius 2 is 0.886 bits per heavy atom. The fraction of sp³-hybridized carbons (Fsp3) is 0.250. The molecule has 0 N–H and O–H groups in total. The van der Waals surface area contributed by atoms with Gasteiger partial charge in [0.05, 0.1) is 32.6 Å². The zero-order valence-electron chi connectivity index (χ0n) is 25.8. The van der Waals surface area contributed by atoms with Gasteiger partial charge in [-0.3, -0.25) is 0 Å². The van der Waals surface area contributed by atoms with Gasteiger partial charge in [-0.2, -0.15) is 0 Å². The molecule has 0 saturated heterocycles. The van der Waals surface area contributed by atoms with Crippen LogP contribution in [0.1, 0.15) is 61.1 Å². The molecule has 8 nitrogen and oxygen atoms in total. The molecular formula is C32H30N2Na2O6S2. The van der Waals surface area contributed by atoms with Crippen molar-refractivity contribution in [2.24, 2.45) is 9.98 Å². The minimum atomic E-state index is -4.66. The first kappa shape index (κ1) is 36.8. The number of aryl methyl sites for hydroxylation is 4. The Morgan fingerprint density at radius 1 is 0.568 bits per heavy atom. The Kier molecular flexibility index (Phi) is 12.0. The molecule has 4 aromatic rings. The van der Waals surface area contributed by atoms with Crippen LogP contribution >= 0.6 is 0 Å². The summed E-state index contributed by atoms with van der Waals surface area (Å²) in [6.45, 7) is 7.52. The molecule has 0 spiro atoms. The van der Waals surface area contributed by atoms with Crippen molar-refractivity contribution in [3.05, 3.63) is 94.0 Å². The van der Waals surface area contributed by atoms with Gasteiger partial charge in [0.25, 0.3) is 0 Å². The molecule has 0 fully saturated rings. The maximum absolute atomic E-state index is 11.9. The fourth-order valence-electron chi connectivity index (χ4n) is 5.55. The molecule has 0 saturated carbocycles. The van der Waals surface area contributed by atoms with Gasteiger partial charge in [0, 0.05) is 16.5 Å². The van der Waals surface area contributed by atoms with Crippen LogP contribution in [0, 0.1) is 0 Å². The maximum Gasteiger partial charge on any atom is 1.00 e. The number of nitrogens with zero attached hydrogens (tertiary/aromatic N) is 2. The molecule has 0 amide bonds. The second-order valence-electron chi connectivity index (χ2n) is 10.1. The van der Waals surface area contributed by atoms with Crippen LogP contribution in [0.3, 0.4) is 0 Å². The summed E-state index contributed by atoms with van der Waals surface area (Å²) in [6.07, 6.45) is 1.82. The van der Waals surface area contributed by atoms with E-state index in [1.54, 1.807) is 0 Å². The first-order chi connectivity index (χ1) is 19.9. The Bertz CT molecular complexity index is 1850. The zero-order chi connectivity index (χ0) is 30.4.